The molecule has 0 saturated heterocycles. The lowest BCUT2D eigenvalue weighted by molar-refractivity contribution is 0.146. The predicted molar refractivity (Wildman–Crippen MR) is 57.1 cm³/mol. The molecule has 1 aromatic rings. The number of alkyl halides is 2. The van der Waals surface area contributed by atoms with Crippen molar-refractivity contribution in [3.8, 4) is 11.5 Å². The third-order valence-corrected chi connectivity index (χ3v) is 2.31. The Kier molecular flexibility index (Phi) is 4.06. The summed E-state index contributed by atoms with van der Waals surface area (Å²) in [6.45, 7) is 1.71. The van der Waals surface area contributed by atoms with Crippen molar-refractivity contribution in [2.45, 2.75) is 19.4 Å². The van der Waals surface area contributed by atoms with E-state index < -0.39 is 6.43 Å². The van der Waals surface area contributed by atoms with Gasteiger partial charge in [-0.2, -0.15) is 0 Å². The van der Waals surface area contributed by atoms with Gasteiger partial charge in [0.1, 0.15) is 11.5 Å². The molecule has 1 unspecified atom stereocenters. The van der Waals surface area contributed by atoms with Gasteiger partial charge < -0.3 is 15.2 Å². The zero-order chi connectivity index (χ0) is 12.3. The Labute approximate surface area is 93.2 Å². The van der Waals surface area contributed by atoms with Gasteiger partial charge in [0.25, 0.3) is 6.43 Å². The van der Waals surface area contributed by atoms with Crippen LogP contribution in [0, 0.1) is 0 Å². The molecular weight excluding hydrogens is 216 g/mol. The molecule has 90 valence electrons. The van der Waals surface area contributed by atoms with Crippen molar-refractivity contribution in [1.29, 1.82) is 0 Å². The van der Waals surface area contributed by atoms with Gasteiger partial charge in [0.15, 0.2) is 0 Å². The Morgan fingerprint density at radius 3 is 1.94 bits per heavy atom. The first-order chi connectivity index (χ1) is 7.51. The highest BCUT2D eigenvalue weighted by Crippen LogP contribution is 2.36. The first-order valence-electron chi connectivity index (χ1n) is 4.80. The highest BCUT2D eigenvalue weighted by atomic mass is 19.3. The van der Waals surface area contributed by atoms with Crippen molar-refractivity contribution >= 4 is 0 Å². The van der Waals surface area contributed by atoms with Crippen LogP contribution in [-0.4, -0.2) is 14.2 Å². The first kappa shape index (κ1) is 12.7. The monoisotopic (exact) mass is 231 g/mol. The fourth-order valence-corrected chi connectivity index (χ4v) is 1.48. The molecule has 0 aromatic heterocycles. The van der Waals surface area contributed by atoms with Gasteiger partial charge in [-0.1, -0.05) is 0 Å². The van der Waals surface area contributed by atoms with Gasteiger partial charge in [0.2, 0.25) is 0 Å². The highest BCUT2D eigenvalue weighted by Gasteiger charge is 2.19. The van der Waals surface area contributed by atoms with E-state index in [4.69, 9.17) is 15.2 Å². The maximum atomic E-state index is 12.7. The summed E-state index contributed by atoms with van der Waals surface area (Å²) in [5.74, 6) is 0.563. The second-order valence-electron chi connectivity index (χ2n) is 3.43. The summed E-state index contributed by atoms with van der Waals surface area (Å²) in [5, 5.41) is 0. The Bertz CT molecular complexity index is 336. The number of methoxy groups -OCH3 is 2. The van der Waals surface area contributed by atoms with Crippen LogP contribution in [0.2, 0.25) is 0 Å². The van der Waals surface area contributed by atoms with Gasteiger partial charge in [0.05, 0.1) is 19.8 Å². The Morgan fingerprint density at radius 2 is 1.56 bits per heavy atom. The Balaban J connectivity index is 3.35. The molecule has 16 heavy (non-hydrogen) atoms. The summed E-state index contributed by atoms with van der Waals surface area (Å²) in [5.41, 5.74) is 6.05. The highest BCUT2D eigenvalue weighted by molar-refractivity contribution is 5.48. The number of halogens is 2. The van der Waals surface area contributed by atoms with Crippen molar-refractivity contribution in [3.63, 3.8) is 0 Å². The van der Waals surface area contributed by atoms with E-state index in [1.807, 2.05) is 0 Å². The Morgan fingerprint density at radius 1 is 1.06 bits per heavy atom. The normalized spacial score (nSPS) is 12.7. The van der Waals surface area contributed by atoms with Crippen LogP contribution in [0.5, 0.6) is 11.5 Å². The van der Waals surface area contributed by atoms with E-state index in [0.29, 0.717) is 11.3 Å². The van der Waals surface area contributed by atoms with Gasteiger partial charge in [-0.15, -0.1) is 0 Å². The van der Waals surface area contributed by atoms with Crippen LogP contribution in [-0.2, 0) is 0 Å². The lowest BCUT2D eigenvalue weighted by Crippen LogP contribution is -2.08. The molecule has 5 heteroatoms. The summed E-state index contributed by atoms with van der Waals surface area (Å²) >= 11 is 0. The van der Waals surface area contributed by atoms with E-state index in [9.17, 15) is 8.78 Å². The van der Waals surface area contributed by atoms with Crippen LogP contribution < -0.4 is 15.2 Å². The molecule has 0 aliphatic heterocycles. The second kappa shape index (κ2) is 5.12. The summed E-state index contributed by atoms with van der Waals surface area (Å²) in [7, 11) is 2.80. The molecule has 0 aliphatic carbocycles. The van der Waals surface area contributed by atoms with E-state index in [1.54, 1.807) is 6.92 Å². The van der Waals surface area contributed by atoms with Gasteiger partial charge in [-0.05, 0) is 13.0 Å². The maximum absolute atomic E-state index is 12.7. The number of rotatable bonds is 4. The van der Waals surface area contributed by atoms with E-state index >= 15 is 0 Å². The SMILES string of the molecule is COc1cc(OC)c(C(F)F)cc1C(C)N. The fourth-order valence-electron chi connectivity index (χ4n) is 1.48. The van der Waals surface area contributed by atoms with Crippen molar-refractivity contribution < 1.29 is 18.3 Å². The molecule has 0 bridgehead atoms. The van der Waals surface area contributed by atoms with Gasteiger partial charge in [0, 0.05) is 17.7 Å². The standard InChI is InChI=1S/C11H15F2NO2/c1-6(14)7-4-8(11(12)13)10(16-3)5-9(7)15-2/h4-6,11H,14H2,1-3H3. The largest absolute Gasteiger partial charge is 0.496 e. The number of ether oxygens (including phenoxy) is 2. The van der Waals surface area contributed by atoms with Crippen molar-refractivity contribution in [2.75, 3.05) is 14.2 Å². The number of hydrogen-bond acceptors (Lipinski definition) is 3. The molecular formula is C11H15F2NO2. The quantitative estimate of drug-likeness (QED) is 0.866. The minimum atomic E-state index is -2.60. The fraction of sp³-hybridized carbons (Fsp3) is 0.455. The van der Waals surface area contributed by atoms with E-state index in [2.05, 4.69) is 0 Å². The van der Waals surface area contributed by atoms with Gasteiger partial charge >= 0.3 is 0 Å². The smallest absolute Gasteiger partial charge is 0.267 e. The maximum Gasteiger partial charge on any atom is 0.267 e. The molecule has 3 nitrogen and oxygen atoms in total. The van der Waals surface area contributed by atoms with Crippen LogP contribution in [0.25, 0.3) is 0 Å². The number of benzene rings is 1. The second-order valence-corrected chi connectivity index (χ2v) is 3.43. The molecule has 0 fully saturated rings. The first-order valence-corrected chi connectivity index (χ1v) is 4.80. The summed E-state index contributed by atoms with van der Waals surface area (Å²) < 4.78 is 35.4. The number of nitrogens with two attached hydrogens (primary N) is 1. The van der Waals surface area contributed by atoms with Crippen LogP contribution in [0.3, 0.4) is 0 Å². The zero-order valence-electron chi connectivity index (χ0n) is 9.46. The predicted octanol–water partition coefficient (Wildman–Crippen LogP) is 2.66. The zero-order valence-corrected chi connectivity index (χ0v) is 9.46. The summed E-state index contributed by atoms with van der Waals surface area (Å²) in [4.78, 5) is 0. The van der Waals surface area contributed by atoms with E-state index in [-0.39, 0.29) is 17.4 Å². The molecule has 0 spiro atoms. The summed E-state index contributed by atoms with van der Waals surface area (Å²) in [6.07, 6.45) is -2.60. The molecule has 0 radical (unpaired) electrons. The minimum absolute atomic E-state index is 0.108. The molecule has 1 aromatic carbocycles. The molecule has 1 rings (SSSR count). The van der Waals surface area contributed by atoms with Crippen molar-refractivity contribution in [3.05, 3.63) is 23.3 Å². The summed E-state index contributed by atoms with van der Waals surface area (Å²) in [6, 6.07) is 2.38. The van der Waals surface area contributed by atoms with Crippen LogP contribution in [0.1, 0.15) is 30.5 Å². The third kappa shape index (κ3) is 2.41. The van der Waals surface area contributed by atoms with Crippen LogP contribution in [0.15, 0.2) is 12.1 Å². The Hall–Kier alpha value is -1.36. The lowest BCUT2D eigenvalue weighted by atomic mass is 10.0. The van der Waals surface area contributed by atoms with Gasteiger partial charge in [-0.3, -0.25) is 0 Å². The molecule has 2 N–H and O–H groups in total. The molecule has 0 amide bonds. The van der Waals surface area contributed by atoms with Crippen molar-refractivity contribution in [1.82, 2.24) is 0 Å². The van der Waals surface area contributed by atoms with Crippen LogP contribution >= 0.6 is 0 Å². The van der Waals surface area contributed by atoms with E-state index in [1.165, 1.54) is 26.4 Å². The van der Waals surface area contributed by atoms with E-state index in [0.717, 1.165) is 0 Å². The topological polar surface area (TPSA) is 44.5 Å². The minimum Gasteiger partial charge on any atom is -0.496 e. The lowest BCUT2D eigenvalue weighted by Gasteiger charge is -2.16. The van der Waals surface area contributed by atoms with Crippen LogP contribution in [0.4, 0.5) is 8.78 Å². The van der Waals surface area contributed by atoms with Gasteiger partial charge in [-0.25, -0.2) is 8.78 Å². The molecule has 0 aliphatic rings. The molecule has 0 saturated carbocycles. The average Bonchev–Trinajstić information content (AvgIpc) is 2.26. The molecule has 0 heterocycles. The molecule has 1 atom stereocenters. The van der Waals surface area contributed by atoms with Crippen molar-refractivity contribution in [2.24, 2.45) is 5.73 Å². The average molecular weight is 231 g/mol. The number of hydrogen-bond donors (Lipinski definition) is 1. The third-order valence-electron chi connectivity index (χ3n) is 2.31.